The first-order valence-corrected chi connectivity index (χ1v) is 6.20. The van der Waals surface area contributed by atoms with E-state index in [1.54, 1.807) is 0 Å². The molecule has 0 atom stereocenters. The SMILES string of the molecule is C#Cc1ccc(N=Nc2ccc(C#C)cc2C)c(C)c1. The highest BCUT2D eigenvalue weighted by Gasteiger charge is 2.00. The third kappa shape index (κ3) is 2.94. The van der Waals surface area contributed by atoms with Crippen molar-refractivity contribution in [3.63, 3.8) is 0 Å². The summed E-state index contributed by atoms with van der Waals surface area (Å²) < 4.78 is 0. The summed E-state index contributed by atoms with van der Waals surface area (Å²) in [6, 6.07) is 11.3. The van der Waals surface area contributed by atoms with E-state index in [0.29, 0.717) is 0 Å². The van der Waals surface area contributed by atoms with Gasteiger partial charge in [0.2, 0.25) is 0 Å². The number of terminal acetylenes is 2. The van der Waals surface area contributed by atoms with E-state index in [4.69, 9.17) is 12.8 Å². The Morgan fingerprint density at radius 1 is 0.750 bits per heavy atom. The number of rotatable bonds is 2. The Kier molecular flexibility index (Phi) is 3.99. The molecule has 2 rings (SSSR count). The van der Waals surface area contributed by atoms with E-state index >= 15 is 0 Å². The van der Waals surface area contributed by atoms with Crippen LogP contribution in [0.25, 0.3) is 0 Å². The van der Waals surface area contributed by atoms with Crippen molar-refractivity contribution in [2.24, 2.45) is 10.2 Å². The number of hydrogen-bond donors (Lipinski definition) is 0. The predicted molar refractivity (Wildman–Crippen MR) is 82.4 cm³/mol. The molecule has 2 heteroatoms. The minimum atomic E-state index is 0.810. The van der Waals surface area contributed by atoms with E-state index in [0.717, 1.165) is 33.6 Å². The van der Waals surface area contributed by atoms with Gasteiger partial charge in [0.1, 0.15) is 0 Å². The number of benzene rings is 2. The summed E-state index contributed by atoms with van der Waals surface area (Å²) in [5.74, 6) is 5.20. The predicted octanol–water partition coefficient (Wildman–Crippen LogP) is 4.68. The van der Waals surface area contributed by atoms with Crippen molar-refractivity contribution in [2.45, 2.75) is 13.8 Å². The van der Waals surface area contributed by atoms with Gasteiger partial charge in [-0.05, 0) is 61.4 Å². The fourth-order valence-electron chi connectivity index (χ4n) is 1.82. The maximum Gasteiger partial charge on any atom is 0.0887 e. The lowest BCUT2D eigenvalue weighted by Crippen LogP contribution is -1.79. The lowest BCUT2D eigenvalue weighted by Gasteiger charge is -2.02. The van der Waals surface area contributed by atoms with Crippen LogP contribution in [-0.4, -0.2) is 0 Å². The number of aryl methyl sites for hydroxylation is 2. The molecule has 2 aromatic rings. The second-order valence-corrected chi connectivity index (χ2v) is 4.49. The van der Waals surface area contributed by atoms with Gasteiger partial charge < -0.3 is 0 Å². The highest BCUT2D eigenvalue weighted by Crippen LogP contribution is 2.25. The van der Waals surface area contributed by atoms with E-state index < -0.39 is 0 Å². The molecule has 96 valence electrons. The summed E-state index contributed by atoms with van der Waals surface area (Å²) in [4.78, 5) is 0. The Labute approximate surface area is 119 Å². The molecule has 0 unspecified atom stereocenters. The lowest BCUT2D eigenvalue weighted by molar-refractivity contribution is 1.19. The zero-order valence-corrected chi connectivity index (χ0v) is 11.5. The molecular formula is C18H14N2. The normalized spacial score (nSPS) is 10.2. The van der Waals surface area contributed by atoms with Gasteiger partial charge in [-0.2, -0.15) is 10.2 Å². The van der Waals surface area contributed by atoms with Crippen LogP contribution in [0.3, 0.4) is 0 Å². The fraction of sp³-hybridized carbons (Fsp3) is 0.111. The first-order valence-electron chi connectivity index (χ1n) is 6.20. The Morgan fingerprint density at radius 3 is 1.45 bits per heavy atom. The maximum atomic E-state index is 5.36. The third-order valence-electron chi connectivity index (χ3n) is 2.99. The van der Waals surface area contributed by atoms with Gasteiger partial charge in [0.15, 0.2) is 0 Å². The topological polar surface area (TPSA) is 24.7 Å². The molecule has 0 bridgehead atoms. The zero-order valence-electron chi connectivity index (χ0n) is 11.5. The first-order chi connectivity index (χ1) is 9.63. The summed E-state index contributed by atoms with van der Waals surface area (Å²) in [6.45, 7) is 3.92. The molecule has 20 heavy (non-hydrogen) atoms. The van der Waals surface area contributed by atoms with Crippen LogP contribution in [-0.2, 0) is 0 Å². The van der Waals surface area contributed by atoms with E-state index in [9.17, 15) is 0 Å². The zero-order chi connectivity index (χ0) is 14.5. The smallest absolute Gasteiger partial charge is 0.0887 e. The second-order valence-electron chi connectivity index (χ2n) is 4.49. The van der Waals surface area contributed by atoms with Crippen molar-refractivity contribution < 1.29 is 0 Å². The molecule has 0 saturated carbocycles. The second kappa shape index (κ2) is 5.87. The molecule has 0 aliphatic carbocycles. The quantitative estimate of drug-likeness (QED) is 0.552. The Morgan fingerprint density at radius 2 is 1.15 bits per heavy atom. The van der Waals surface area contributed by atoms with Crippen LogP contribution in [0, 0.1) is 38.5 Å². The van der Waals surface area contributed by atoms with Crippen molar-refractivity contribution in [3.8, 4) is 24.7 Å². The van der Waals surface area contributed by atoms with Crippen molar-refractivity contribution in [3.05, 3.63) is 58.7 Å². The molecule has 0 amide bonds. The van der Waals surface area contributed by atoms with Crippen molar-refractivity contribution in [1.82, 2.24) is 0 Å². The van der Waals surface area contributed by atoms with Gasteiger partial charge in [-0.1, -0.05) is 11.8 Å². The Balaban J connectivity index is 2.31. The highest BCUT2D eigenvalue weighted by molar-refractivity contribution is 5.53. The highest BCUT2D eigenvalue weighted by atomic mass is 15.1. The van der Waals surface area contributed by atoms with Crippen molar-refractivity contribution in [1.29, 1.82) is 0 Å². The average Bonchev–Trinajstić information content (AvgIpc) is 2.46. The molecule has 0 spiro atoms. The van der Waals surface area contributed by atoms with Gasteiger partial charge in [-0.15, -0.1) is 12.8 Å². The lowest BCUT2D eigenvalue weighted by atomic mass is 10.1. The van der Waals surface area contributed by atoms with Gasteiger partial charge in [0, 0.05) is 11.1 Å². The van der Waals surface area contributed by atoms with E-state index in [1.807, 2.05) is 50.2 Å². The van der Waals surface area contributed by atoms with Gasteiger partial charge in [-0.25, -0.2) is 0 Å². The summed E-state index contributed by atoms with van der Waals surface area (Å²) in [7, 11) is 0. The molecule has 0 fully saturated rings. The minimum absolute atomic E-state index is 0.810. The molecule has 0 aliphatic heterocycles. The van der Waals surface area contributed by atoms with Gasteiger partial charge in [0.25, 0.3) is 0 Å². The van der Waals surface area contributed by atoms with Gasteiger partial charge >= 0.3 is 0 Å². The van der Waals surface area contributed by atoms with Crippen LogP contribution in [0.4, 0.5) is 11.4 Å². The fourth-order valence-corrected chi connectivity index (χ4v) is 1.82. The number of azo groups is 1. The first kappa shape index (κ1) is 13.6. The van der Waals surface area contributed by atoms with E-state index in [2.05, 4.69) is 22.1 Å². The van der Waals surface area contributed by atoms with Crippen molar-refractivity contribution in [2.75, 3.05) is 0 Å². The molecule has 0 N–H and O–H groups in total. The van der Waals surface area contributed by atoms with Crippen LogP contribution in [0.15, 0.2) is 46.6 Å². The maximum absolute atomic E-state index is 5.36. The molecule has 2 nitrogen and oxygen atoms in total. The molecular weight excluding hydrogens is 244 g/mol. The molecule has 0 aromatic heterocycles. The largest absolute Gasteiger partial charge is 0.150 e. The molecule has 2 aromatic carbocycles. The Bertz CT molecular complexity index is 690. The summed E-state index contributed by atoms with van der Waals surface area (Å²) >= 11 is 0. The van der Waals surface area contributed by atoms with E-state index in [-0.39, 0.29) is 0 Å². The van der Waals surface area contributed by atoms with Gasteiger partial charge in [-0.3, -0.25) is 0 Å². The average molecular weight is 258 g/mol. The monoisotopic (exact) mass is 258 g/mol. The van der Waals surface area contributed by atoms with Crippen molar-refractivity contribution >= 4 is 11.4 Å². The summed E-state index contributed by atoms with van der Waals surface area (Å²) in [6.07, 6.45) is 10.7. The number of nitrogens with zero attached hydrogens (tertiary/aromatic N) is 2. The molecule has 0 heterocycles. The number of hydrogen-bond acceptors (Lipinski definition) is 2. The standard InChI is InChI=1S/C18H14N2/c1-5-15-7-9-17(13(3)11-15)19-20-18-10-8-16(6-2)12-14(18)4/h1-2,7-12H,3-4H3. The van der Waals surface area contributed by atoms with Gasteiger partial charge in [0.05, 0.1) is 11.4 Å². The molecule has 0 aliphatic rings. The van der Waals surface area contributed by atoms with Crippen LogP contribution in [0.1, 0.15) is 22.3 Å². The van der Waals surface area contributed by atoms with Crippen LogP contribution in [0.2, 0.25) is 0 Å². The summed E-state index contributed by atoms with van der Waals surface area (Å²) in [5, 5.41) is 8.55. The van der Waals surface area contributed by atoms with Crippen LogP contribution >= 0.6 is 0 Å². The third-order valence-corrected chi connectivity index (χ3v) is 2.99. The molecule has 0 radical (unpaired) electrons. The van der Waals surface area contributed by atoms with E-state index in [1.165, 1.54) is 0 Å². The Hall–Kier alpha value is -2.84. The summed E-state index contributed by atoms with van der Waals surface area (Å²) in [5.41, 5.74) is 5.31. The van der Waals surface area contributed by atoms with Crippen LogP contribution in [0.5, 0.6) is 0 Å². The minimum Gasteiger partial charge on any atom is -0.150 e. The molecule has 0 saturated heterocycles. The van der Waals surface area contributed by atoms with Crippen LogP contribution < -0.4 is 0 Å².